The molecule has 2 saturated carbocycles. The van der Waals surface area contributed by atoms with E-state index in [9.17, 15) is 32.4 Å². The number of nitrogens with zero attached hydrogens (tertiary/aromatic N) is 2. The van der Waals surface area contributed by atoms with Gasteiger partial charge >= 0.3 is 6.03 Å². The molecular formula is C33H56N6O7S. The Balaban J connectivity index is 1.83. The minimum absolute atomic E-state index is 0.0552. The SMILES string of the molecule is C=CCNC(=O)C(=O)C(NC(=O)[C@@H]1[C@@H]2[C@H](CN1C(=O)[C@@H](NC(=O)N[C@H](CN(CC)S(C)(=O)=O)C(C)(C)C)C(C)(C)C)C2(C)C)C1CC1. The van der Waals surface area contributed by atoms with Crippen molar-refractivity contribution in [2.45, 2.75) is 99.3 Å². The maximum Gasteiger partial charge on any atom is 0.315 e. The Labute approximate surface area is 280 Å². The van der Waals surface area contributed by atoms with Crippen LogP contribution in [0.25, 0.3) is 0 Å². The van der Waals surface area contributed by atoms with Crippen LogP contribution in [0.1, 0.15) is 75.2 Å². The van der Waals surface area contributed by atoms with Crippen LogP contribution in [-0.2, 0) is 29.2 Å². The van der Waals surface area contributed by atoms with E-state index in [1.807, 2.05) is 55.4 Å². The number of Topliss-reactive ketones (excluding diaryl/α,β-unsaturated/α-hetero) is 1. The first-order valence-electron chi connectivity index (χ1n) is 16.5. The second-order valence-electron chi connectivity index (χ2n) is 16.1. The number of likely N-dealkylation sites (tertiary alicyclic amines) is 1. The summed E-state index contributed by atoms with van der Waals surface area (Å²) in [5.74, 6) is -2.65. The Morgan fingerprint density at radius 2 is 1.60 bits per heavy atom. The van der Waals surface area contributed by atoms with Crippen molar-refractivity contribution < 1.29 is 32.4 Å². The molecule has 5 amide bonds. The molecule has 1 aliphatic heterocycles. The van der Waals surface area contributed by atoms with Crippen molar-refractivity contribution in [3.8, 4) is 0 Å². The fourth-order valence-electron chi connectivity index (χ4n) is 6.66. The topological polar surface area (TPSA) is 174 Å². The molecule has 0 aromatic rings. The fraction of sp³-hybridized carbons (Fsp3) is 0.788. The number of sulfonamides is 1. The van der Waals surface area contributed by atoms with E-state index in [-0.39, 0.29) is 42.8 Å². The monoisotopic (exact) mass is 680 g/mol. The van der Waals surface area contributed by atoms with Gasteiger partial charge in [-0.2, -0.15) is 0 Å². The number of nitrogens with one attached hydrogen (secondary N) is 4. The highest BCUT2D eigenvalue weighted by molar-refractivity contribution is 7.88. The molecule has 13 nitrogen and oxygen atoms in total. The molecule has 0 bridgehead atoms. The van der Waals surface area contributed by atoms with Crippen molar-refractivity contribution in [1.82, 2.24) is 30.5 Å². The summed E-state index contributed by atoms with van der Waals surface area (Å²) in [4.78, 5) is 68.9. The molecule has 4 N–H and O–H groups in total. The number of rotatable bonds is 14. The van der Waals surface area contributed by atoms with Gasteiger partial charge in [-0.05, 0) is 46.8 Å². The molecule has 14 heteroatoms. The number of carbonyl (C=O) groups is 5. The van der Waals surface area contributed by atoms with Gasteiger partial charge in [-0.25, -0.2) is 17.5 Å². The number of carbonyl (C=O) groups excluding carboxylic acids is 5. The van der Waals surface area contributed by atoms with Gasteiger partial charge in [-0.3, -0.25) is 19.2 Å². The lowest BCUT2D eigenvalue weighted by atomic mass is 9.85. The highest BCUT2D eigenvalue weighted by Crippen LogP contribution is 2.65. The number of ketones is 1. The average molecular weight is 681 g/mol. The standard InChI is InChI=1S/C33H56N6O7S/c1-12-16-34-28(42)25(40)23(19-14-15-19)36-27(41)24-22-20(33(22,9)10)17-39(24)29(43)26(32(6,7)8)37-30(44)35-21(31(3,4)5)18-38(13-2)47(11,45)46/h12,19-24,26H,1,13-18H2,2-11H3,(H,34,42)(H,36,41)(H2,35,37,44)/t20-,21+,22-,23?,24-,26+/m0/s1. The van der Waals surface area contributed by atoms with Crippen molar-refractivity contribution in [3.63, 3.8) is 0 Å². The zero-order chi connectivity index (χ0) is 35.9. The summed E-state index contributed by atoms with van der Waals surface area (Å²) in [7, 11) is -3.51. The van der Waals surface area contributed by atoms with Crippen LogP contribution in [0.15, 0.2) is 12.7 Å². The Morgan fingerprint density at radius 1 is 1.00 bits per heavy atom. The van der Waals surface area contributed by atoms with E-state index in [2.05, 4.69) is 27.8 Å². The van der Waals surface area contributed by atoms with Crippen LogP contribution in [0, 0.1) is 34.0 Å². The van der Waals surface area contributed by atoms with E-state index < -0.39 is 74.6 Å². The van der Waals surface area contributed by atoms with Crippen LogP contribution < -0.4 is 21.3 Å². The number of urea groups is 1. The molecule has 3 fully saturated rings. The molecule has 0 aromatic heterocycles. The van der Waals surface area contributed by atoms with Crippen LogP contribution in [0.2, 0.25) is 0 Å². The van der Waals surface area contributed by atoms with Crippen molar-refractivity contribution in [3.05, 3.63) is 12.7 Å². The predicted molar refractivity (Wildman–Crippen MR) is 179 cm³/mol. The highest BCUT2D eigenvalue weighted by atomic mass is 32.2. The van der Waals surface area contributed by atoms with Gasteiger partial charge in [-0.1, -0.05) is 68.4 Å². The number of hydrogen-bond donors (Lipinski definition) is 4. The molecule has 1 saturated heterocycles. The molecule has 3 aliphatic rings. The van der Waals surface area contributed by atoms with Gasteiger partial charge in [0.15, 0.2) is 0 Å². The maximum atomic E-state index is 14.3. The zero-order valence-corrected chi connectivity index (χ0v) is 30.5. The Kier molecular flexibility index (Phi) is 11.3. The summed E-state index contributed by atoms with van der Waals surface area (Å²) in [6.45, 7) is 21.2. The lowest BCUT2D eigenvalue weighted by molar-refractivity contribution is -0.145. The van der Waals surface area contributed by atoms with E-state index in [4.69, 9.17) is 0 Å². The van der Waals surface area contributed by atoms with Crippen molar-refractivity contribution in [1.29, 1.82) is 0 Å². The lowest BCUT2D eigenvalue weighted by Gasteiger charge is -2.39. The molecule has 0 spiro atoms. The summed E-state index contributed by atoms with van der Waals surface area (Å²) < 4.78 is 25.9. The molecule has 266 valence electrons. The first kappa shape index (κ1) is 38.4. The van der Waals surface area contributed by atoms with E-state index in [1.54, 1.807) is 6.92 Å². The number of amides is 5. The molecule has 0 aromatic carbocycles. The average Bonchev–Trinajstić information content (AvgIpc) is 3.81. The molecule has 47 heavy (non-hydrogen) atoms. The first-order valence-corrected chi connectivity index (χ1v) is 18.4. The van der Waals surface area contributed by atoms with Gasteiger partial charge in [0.2, 0.25) is 27.6 Å². The van der Waals surface area contributed by atoms with Crippen LogP contribution in [0.5, 0.6) is 0 Å². The fourth-order valence-corrected chi connectivity index (χ4v) is 7.55. The third-order valence-electron chi connectivity index (χ3n) is 10.0. The molecule has 1 heterocycles. The van der Waals surface area contributed by atoms with Crippen LogP contribution in [0.3, 0.4) is 0 Å². The summed E-state index contributed by atoms with van der Waals surface area (Å²) in [5.41, 5.74) is -1.47. The van der Waals surface area contributed by atoms with Crippen LogP contribution in [0.4, 0.5) is 4.79 Å². The minimum Gasteiger partial charge on any atom is -0.346 e. The van der Waals surface area contributed by atoms with Gasteiger partial charge in [-0.15, -0.1) is 6.58 Å². The summed E-state index contributed by atoms with van der Waals surface area (Å²) in [6, 6.07) is -4.10. The largest absolute Gasteiger partial charge is 0.346 e. The van der Waals surface area contributed by atoms with Crippen LogP contribution in [-0.4, -0.2) is 104 Å². The van der Waals surface area contributed by atoms with Gasteiger partial charge in [0.25, 0.3) is 5.91 Å². The molecule has 1 unspecified atom stereocenters. The van der Waals surface area contributed by atoms with Gasteiger partial charge in [0.05, 0.1) is 6.26 Å². The number of piperidine rings is 1. The van der Waals surface area contributed by atoms with E-state index in [0.717, 1.165) is 6.26 Å². The van der Waals surface area contributed by atoms with Crippen molar-refractivity contribution in [2.75, 3.05) is 32.4 Å². The summed E-state index contributed by atoms with van der Waals surface area (Å²) in [6.07, 6.45) is 4.00. The first-order chi connectivity index (χ1) is 21.5. The smallest absolute Gasteiger partial charge is 0.315 e. The minimum atomic E-state index is -3.51. The van der Waals surface area contributed by atoms with Gasteiger partial charge < -0.3 is 26.2 Å². The van der Waals surface area contributed by atoms with E-state index in [0.29, 0.717) is 19.4 Å². The Morgan fingerprint density at radius 3 is 2.06 bits per heavy atom. The number of hydrogen-bond acceptors (Lipinski definition) is 7. The quantitative estimate of drug-likeness (QED) is 0.159. The third-order valence-corrected chi connectivity index (χ3v) is 11.4. The molecule has 0 radical (unpaired) electrons. The molecule has 3 rings (SSSR count). The lowest BCUT2D eigenvalue weighted by Crippen LogP contribution is -2.63. The molecule has 6 atom stereocenters. The second-order valence-corrected chi connectivity index (χ2v) is 18.1. The predicted octanol–water partition coefficient (Wildman–Crippen LogP) is 1.65. The maximum absolute atomic E-state index is 14.3. The molecular weight excluding hydrogens is 624 g/mol. The van der Waals surface area contributed by atoms with Gasteiger partial charge in [0.1, 0.15) is 18.1 Å². The molecule has 2 aliphatic carbocycles. The van der Waals surface area contributed by atoms with Gasteiger partial charge in [0, 0.05) is 32.2 Å². The summed E-state index contributed by atoms with van der Waals surface area (Å²) in [5, 5.41) is 11.1. The number of fused-ring (bicyclic) bond motifs is 1. The number of likely N-dealkylation sites (N-methyl/N-ethyl adjacent to an activating group) is 1. The highest BCUT2D eigenvalue weighted by Gasteiger charge is 2.70. The van der Waals surface area contributed by atoms with Crippen molar-refractivity contribution in [2.24, 2.45) is 34.0 Å². The second kappa shape index (κ2) is 13.9. The Bertz CT molecular complexity index is 1360. The summed E-state index contributed by atoms with van der Waals surface area (Å²) >= 11 is 0. The van der Waals surface area contributed by atoms with E-state index >= 15 is 0 Å². The van der Waals surface area contributed by atoms with Crippen LogP contribution >= 0.6 is 0 Å². The Hall–Kier alpha value is -3.00. The normalized spacial score (nSPS) is 24.0. The van der Waals surface area contributed by atoms with E-state index in [1.165, 1.54) is 15.3 Å². The van der Waals surface area contributed by atoms with Crippen molar-refractivity contribution >= 4 is 39.6 Å². The zero-order valence-electron chi connectivity index (χ0n) is 29.7. The third kappa shape index (κ3) is 8.92.